The van der Waals surface area contributed by atoms with Crippen LogP contribution in [0.1, 0.15) is 94.3 Å². The second-order valence-electron chi connectivity index (χ2n) is 23.7. The summed E-state index contributed by atoms with van der Waals surface area (Å²) in [5.74, 6) is 0. The SMILES string of the molecule is CC(C)(S)c1cc2c(c3c1oc1ccccc13)-c1ccc(N(c3ccc(N(c4ccccc4)c4ccccc4)cc3)c3ccc4c(c3)C(C)(C)c3c5c(c6oc7ccccc7c6c3-4)-c3ccccc3C5(C)C)cc1C2(C)C. The van der Waals surface area contributed by atoms with E-state index >= 15 is 0 Å². The molecule has 10 aromatic carbocycles. The number of nitrogens with zero attached hydrogens (tertiary/aromatic N) is 2. The number of rotatable bonds is 7. The number of anilines is 6. The quantitative estimate of drug-likeness (QED) is 0.161. The zero-order valence-corrected chi connectivity index (χ0v) is 45.6. The maximum Gasteiger partial charge on any atom is 0.144 e. The van der Waals surface area contributed by atoms with Crippen LogP contribution in [0.5, 0.6) is 0 Å². The fourth-order valence-electron chi connectivity index (χ4n) is 14.1. The van der Waals surface area contributed by atoms with Crippen LogP contribution in [0.25, 0.3) is 77.3 Å². The number of furan rings is 2. The van der Waals surface area contributed by atoms with Crippen LogP contribution in [0.3, 0.4) is 0 Å². The van der Waals surface area contributed by atoms with Crippen molar-refractivity contribution in [3.63, 3.8) is 0 Å². The minimum atomic E-state index is -0.436. The predicted molar refractivity (Wildman–Crippen MR) is 325 cm³/mol. The molecule has 374 valence electrons. The van der Waals surface area contributed by atoms with Crippen LogP contribution >= 0.6 is 12.6 Å². The first-order valence-corrected chi connectivity index (χ1v) is 27.5. The van der Waals surface area contributed by atoms with Crippen LogP contribution in [0.4, 0.5) is 34.1 Å². The molecule has 0 saturated carbocycles. The van der Waals surface area contributed by atoms with E-state index in [1.54, 1.807) is 0 Å². The average Bonchev–Trinajstić information content (AvgIpc) is 4.27. The lowest BCUT2D eigenvalue weighted by Crippen LogP contribution is -2.24. The molecular formula is C72H58N2O2S. The van der Waals surface area contributed by atoms with Crippen LogP contribution in [0, 0.1) is 0 Å². The summed E-state index contributed by atoms with van der Waals surface area (Å²) in [5, 5.41) is 4.67. The first-order chi connectivity index (χ1) is 37.1. The minimum Gasteiger partial charge on any atom is -0.456 e. The van der Waals surface area contributed by atoms with E-state index < -0.39 is 4.75 Å². The molecule has 5 heteroatoms. The van der Waals surface area contributed by atoms with Gasteiger partial charge in [0.2, 0.25) is 0 Å². The predicted octanol–water partition coefficient (Wildman–Crippen LogP) is 20.5. The van der Waals surface area contributed by atoms with Gasteiger partial charge in [-0.1, -0.05) is 151 Å². The molecule has 2 heterocycles. The highest BCUT2D eigenvalue weighted by Crippen LogP contribution is 2.64. The molecule has 0 fully saturated rings. The highest BCUT2D eigenvalue weighted by molar-refractivity contribution is 7.81. The van der Waals surface area contributed by atoms with E-state index in [9.17, 15) is 0 Å². The van der Waals surface area contributed by atoms with E-state index in [4.69, 9.17) is 21.5 Å². The van der Waals surface area contributed by atoms with Gasteiger partial charge < -0.3 is 18.6 Å². The van der Waals surface area contributed by atoms with Gasteiger partial charge in [-0.25, -0.2) is 0 Å². The lowest BCUT2D eigenvalue weighted by molar-refractivity contribution is 0.600. The van der Waals surface area contributed by atoms with Gasteiger partial charge in [0.25, 0.3) is 0 Å². The monoisotopic (exact) mass is 1010 g/mol. The summed E-state index contributed by atoms with van der Waals surface area (Å²) < 4.78 is 13.4. The number of hydrogen-bond acceptors (Lipinski definition) is 5. The number of thiol groups is 1. The molecule has 0 atom stereocenters. The van der Waals surface area contributed by atoms with Gasteiger partial charge in [0.1, 0.15) is 22.3 Å². The molecule has 4 nitrogen and oxygen atoms in total. The molecule has 0 N–H and O–H groups in total. The molecule has 0 unspecified atom stereocenters. The largest absolute Gasteiger partial charge is 0.456 e. The highest BCUT2D eigenvalue weighted by atomic mass is 32.1. The van der Waals surface area contributed by atoms with Gasteiger partial charge in [-0.2, -0.15) is 12.6 Å². The molecule has 0 saturated heterocycles. The van der Waals surface area contributed by atoms with Gasteiger partial charge in [-0.3, -0.25) is 0 Å². The number of fused-ring (bicyclic) bond motifs is 19. The lowest BCUT2D eigenvalue weighted by Gasteiger charge is -2.32. The fourth-order valence-corrected chi connectivity index (χ4v) is 14.3. The van der Waals surface area contributed by atoms with Crippen LogP contribution in [0.15, 0.2) is 209 Å². The van der Waals surface area contributed by atoms with Crippen molar-refractivity contribution in [2.75, 3.05) is 9.80 Å². The second-order valence-corrected chi connectivity index (χ2v) is 24.9. The zero-order chi connectivity index (χ0) is 52.5. The smallest absolute Gasteiger partial charge is 0.144 e. The Labute approximate surface area is 455 Å². The number of benzene rings is 10. The standard InChI is InChI=1S/C72H58N2O2S/c1-69(2)54-39-46(35-37-49(54)60-56(69)41-57(72(7,8)77)67-62(60)51-26-16-19-29-58(51)75-67)74(45-33-31-44(32-34-45)73(42-21-11-9-12-22-42)43-23-13-10-14-24-43)47-36-38-50-55(40-47)71(5,6)65-61(50)63-52-27-17-20-30-59(52)76-68(63)64-48-25-15-18-28-53(48)70(3,4)66(64)65/h9-41,77H,1-8H3. The van der Waals surface area contributed by atoms with Crippen LogP contribution < -0.4 is 9.80 Å². The van der Waals surface area contributed by atoms with E-state index in [-0.39, 0.29) is 16.2 Å². The minimum absolute atomic E-state index is 0.251. The molecule has 0 bridgehead atoms. The zero-order valence-electron chi connectivity index (χ0n) is 44.7. The van der Waals surface area contributed by atoms with Crippen molar-refractivity contribution in [1.29, 1.82) is 0 Å². The summed E-state index contributed by atoms with van der Waals surface area (Å²) in [4.78, 5) is 4.81. The summed E-state index contributed by atoms with van der Waals surface area (Å²) in [7, 11) is 0. The summed E-state index contributed by atoms with van der Waals surface area (Å²) in [5.41, 5.74) is 26.0. The maximum absolute atomic E-state index is 7.03. The lowest BCUT2D eigenvalue weighted by atomic mass is 9.72. The molecule has 0 amide bonds. The Hall–Kier alpha value is -8.25. The first kappa shape index (κ1) is 46.1. The van der Waals surface area contributed by atoms with Crippen molar-refractivity contribution in [1.82, 2.24) is 0 Å². The normalized spacial score (nSPS) is 15.1. The molecule has 77 heavy (non-hydrogen) atoms. The van der Waals surface area contributed by atoms with Crippen molar-refractivity contribution >= 4 is 90.6 Å². The topological polar surface area (TPSA) is 32.8 Å². The van der Waals surface area contributed by atoms with E-state index in [1.165, 1.54) is 77.5 Å². The van der Waals surface area contributed by atoms with Gasteiger partial charge in [0.15, 0.2) is 0 Å². The van der Waals surface area contributed by atoms with E-state index in [0.717, 1.165) is 72.8 Å². The molecule has 15 rings (SSSR count). The molecule has 2 aromatic heterocycles. The van der Waals surface area contributed by atoms with Crippen molar-refractivity contribution in [2.24, 2.45) is 0 Å². The molecular weight excluding hydrogens is 957 g/mol. The average molecular weight is 1020 g/mol. The Morgan fingerprint density at radius 1 is 0.364 bits per heavy atom. The van der Waals surface area contributed by atoms with Crippen molar-refractivity contribution in [2.45, 2.75) is 76.4 Å². The van der Waals surface area contributed by atoms with E-state index in [2.05, 4.69) is 265 Å². The van der Waals surface area contributed by atoms with Gasteiger partial charge in [0.05, 0.1) is 0 Å². The van der Waals surface area contributed by atoms with Gasteiger partial charge in [0, 0.05) is 87.8 Å². The summed E-state index contributed by atoms with van der Waals surface area (Å²) in [6.07, 6.45) is 0. The Bertz CT molecular complexity index is 4420. The van der Waals surface area contributed by atoms with Gasteiger partial charge in [-0.15, -0.1) is 0 Å². The third kappa shape index (κ3) is 6.35. The molecule has 3 aliphatic carbocycles. The summed E-state index contributed by atoms with van der Waals surface area (Å²) in [6.45, 7) is 18.8. The van der Waals surface area contributed by atoms with Crippen molar-refractivity contribution < 1.29 is 8.83 Å². The summed E-state index contributed by atoms with van der Waals surface area (Å²) in [6, 6.07) is 73.3. The van der Waals surface area contributed by atoms with Crippen LogP contribution in [-0.4, -0.2) is 0 Å². The third-order valence-electron chi connectivity index (χ3n) is 17.7. The molecule has 12 aromatic rings. The van der Waals surface area contributed by atoms with Crippen molar-refractivity contribution in [3.05, 3.63) is 239 Å². The number of hydrogen-bond donors (Lipinski definition) is 1. The number of para-hydroxylation sites is 4. The Morgan fingerprint density at radius 2 is 0.779 bits per heavy atom. The van der Waals surface area contributed by atoms with E-state index in [1.807, 2.05) is 0 Å². The Balaban J connectivity index is 0.953. The van der Waals surface area contributed by atoms with Crippen LogP contribution in [-0.2, 0) is 21.0 Å². The highest BCUT2D eigenvalue weighted by Gasteiger charge is 2.49. The Kier molecular flexibility index (Phi) is 9.52. The maximum atomic E-state index is 7.03. The molecule has 0 spiro atoms. The second kappa shape index (κ2) is 15.9. The van der Waals surface area contributed by atoms with Crippen molar-refractivity contribution in [3.8, 4) is 33.4 Å². The van der Waals surface area contributed by atoms with E-state index in [0.29, 0.717) is 0 Å². The molecule has 3 aliphatic rings. The summed E-state index contributed by atoms with van der Waals surface area (Å²) >= 11 is 5.20. The first-order valence-electron chi connectivity index (χ1n) is 27.1. The fraction of sp³-hybridized carbons (Fsp3) is 0.167. The van der Waals surface area contributed by atoms with Gasteiger partial charge >= 0.3 is 0 Å². The third-order valence-corrected chi connectivity index (χ3v) is 18.0. The molecule has 0 radical (unpaired) electrons. The van der Waals surface area contributed by atoms with Crippen LogP contribution in [0.2, 0.25) is 0 Å². The Morgan fingerprint density at radius 3 is 1.36 bits per heavy atom. The molecule has 0 aliphatic heterocycles. The van der Waals surface area contributed by atoms with Gasteiger partial charge in [-0.05, 0) is 166 Å².